The predicted molar refractivity (Wildman–Crippen MR) is 103 cm³/mol. The summed E-state index contributed by atoms with van der Waals surface area (Å²) in [6.07, 6.45) is 1.28. The fourth-order valence-corrected chi connectivity index (χ4v) is 2.90. The van der Waals surface area contributed by atoms with E-state index in [9.17, 15) is 23.8 Å². The van der Waals surface area contributed by atoms with E-state index in [1.807, 2.05) is 36.4 Å². The molecule has 0 spiro atoms. The van der Waals surface area contributed by atoms with Gasteiger partial charge < -0.3 is 15.5 Å². The molecule has 1 amide bonds. The van der Waals surface area contributed by atoms with Crippen LogP contribution in [0.1, 0.15) is 17.2 Å². The summed E-state index contributed by atoms with van der Waals surface area (Å²) in [5.74, 6) is -2.52. The van der Waals surface area contributed by atoms with Crippen LogP contribution in [-0.2, 0) is 4.79 Å². The zero-order chi connectivity index (χ0) is 20.1. The highest BCUT2D eigenvalue weighted by atomic mass is 19.2. The summed E-state index contributed by atoms with van der Waals surface area (Å²) in [5, 5.41) is 24.1. The topological polar surface area (TPSA) is 69.6 Å². The second-order valence-corrected chi connectivity index (χ2v) is 6.35. The molecule has 0 radical (unpaired) electrons. The molecule has 0 bridgehead atoms. The molecule has 3 aromatic carbocycles. The van der Waals surface area contributed by atoms with Gasteiger partial charge in [-0.3, -0.25) is 4.79 Å². The second kappa shape index (κ2) is 8.73. The van der Waals surface area contributed by atoms with Crippen molar-refractivity contribution in [3.05, 3.63) is 89.5 Å². The lowest BCUT2D eigenvalue weighted by atomic mass is 9.98. The molecular weight excluding hydrogens is 364 g/mol. The second-order valence-electron chi connectivity index (χ2n) is 6.35. The van der Waals surface area contributed by atoms with Gasteiger partial charge in [0.2, 0.25) is 5.91 Å². The average Bonchev–Trinajstić information content (AvgIpc) is 2.72. The van der Waals surface area contributed by atoms with Crippen LogP contribution in [0.15, 0.2) is 66.7 Å². The molecule has 3 rings (SSSR count). The van der Waals surface area contributed by atoms with E-state index in [2.05, 4.69) is 5.32 Å². The summed E-state index contributed by atoms with van der Waals surface area (Å²) in [6, 6.07) is 15.6. The Morgan fingerprint density at radius 3 is 2.46 bits per heavy atom. The largest absolute Gasteiger partial charge is 0.394 e. The van der Waals surface area contributed by atoms with Crippen molar-refractivity contribution >= 4 is 22.8 Å². The Kier molecular flexibility index (Phi) is 6.13. The Morgan fingerprint density at radius 2 is 1.75 bits per heavy atom. The Balaban J connectivity index is 1.80. The lowest BCUT2D eigenvalue weighted by Crippen LogP contribution is -2.37. The van der Waals surface area contributed by atoms with Crippen molar-refractivity contribution in [2.45, 2.75) is 12.1 Å². The number of rotatable bonds is 6. The van der Waals surface area contributed by atoms with E-state index >= 15 is 0 Å². The minimum atomic E-state index is -1.21. The van der Waals surface area contributed by atoms with Crippen LogP contribution >= 0.6 is 0 Å². The molecular formula is C22H19F2NO3. The number of nitrogens with one attached hydrogen (secondary N) is 1. The number of amides is 1. The van der Waals surface area contributed by atoms with Gasteiger partial charge in [0.25, 0.3) is 0 Å². The number of hydrogen-bond acceptors (Lipinski definition) is 3. The summed E-state index contributed by atoms with van der Waals surface area (Å²) in [6.45, 7) is -0.537. The molecule has 28 heavy (non-hydrogen) atoms. The first-order chi connectivity index (χ1) is 13.5. The van der Waals surface area contributed by atoms with E-state index < -0.39 is 36.3 Å². The highest BCUT2D eigenvalue weighted by Crippen LogP contribution is 2.23. The Bertz CT molecular complexity index is 1020. The van der Waals surface area contributed by atoms with Gasteiger partial charge >= 0.3 is 0 Å². The SMILES string of the molecule is O=C(/C=C/c1ccc(F)c(F)c1)NC(c1ccc2ccccc2c1)C(O)CO. The predicted octanol–water partition coefficient (Wildman–Crippen LogP) is 3.34. The molecule has 3 aromatic rings. The van der Waals surface area contributed by atoms with Crippen molar-refractivity contribution in [1.82, 2.24) is 5.32 Å². The third-order valence-electron chi connectivity index (χ3n) is 4.37. The van der Waals surface area contributed by atoms with Crippen molar-refractivity contribution in [1.29, 1.82) is 0 Å². The lowest BCUT2D eigenvalue weighted by Gasteiger charge is -2.23. The van der Waals surface area contributed by atoms with E-state index in [0.29, 0.717) is 11.1 Å². The summed E-state index contributed by atoms with van der Waals surface area (Å²) in [7, 11) is 0. The quantitative estimate of drug-likeness (QED) is 0.572. The molecule has 2 unspecified atom stereocenters. The minimum absolute atomic E-state index is 0.319. The molecule has 0 fully saturated rings. The minimum Gasteiger partial charge on any atom is -0.394 e. The zero-order valence-electron chi connectivity index (χ0n) is 14.8. The van der Waals surface area contributed by atoms with Gasteiger partial charge in [0.1, 0.15) is 6.10 Å². The van der Waals surface area contributed by atoms with Crippen LogP contribution in [0.25, 0.3) is 16.8 Å². The number of fused-ring (bicyclic) bond motifs is 1. The molecule has 0 heterocycles. The molecule has 0 saturated carbocycles. The van der Waals surface area contributed by atoms with Crippen LogP contribution in [0.4, 0.5) is 8.78 Å². The standard InChI is InChI=1S/C22H19F2NO3/c23-18-9-5-14(11-19(18)24)6-10-21(28)25-22(20(27)13-26)17-8-7-15-3-1-2-4-16(15)12-17/h1-12,20,22,26-27H,13H2,(H,25,28)/b10-6+. The summed E-state index contributed by atoms with van der Waals surface area (Å²) < 4.78 is 26.2. The van der Waals surface area contributed by atoms with E-state index in [1.165, 1.54) is 12.1 Å². The number of benzene rings is 3. The van der Waals surface area contributed by atoms with E-state index in [-0.39, 0.29) is 0 Å². The van der Waals surface area contributed by atoms with Crippen LogP contribution in [0.3, 0.4) is 0 Å². The van der Waals surface area contributed by atoms with Gasteiger partial charge in [0.15, 0.2) is 11.6 Å². The van der Waals surface area contributed by atoms with Crippen molar-refractivity contribution in [2.75, 3.05) is 6.61 Å². The maximum atomic E-state index is 13.2. The van der Waals surface area contributed by atoms with Crippen molar-refractivity contribution in [3.63, 3.8) is 0 Å². The number of aliphatic hydroxyl groups is 2. The maximum absolute atomic E-state index is 13.2. The summed E-state index contributed by atoms with van der Waals surface area (Å²) in [5.41, 5.74) is 0.953. The fourth-order valence-electron chi connectivity index (χ4n) is 2.90. The normalized spacial score (nSPS) is 13.6. The first-order valence-electron chi connectivity index (χ1n) is 8.69. The third kappa shape index (κ3) is 4.60. The molecule has 2 atom stereocenters. The molecule has 4 nitrogen and oxygen atoms in total. The van der Waals surface area contributed by atoms with Gasteiger partial charge in [-0.25, -0.2) is 8.78 Å². The maximum Gasteiger partial charge on any atom is 0.244 e. The monoisotopic (exact) mass is 383 g/mol. The molecule has 144 valence electrons. The van der Waals surface area contributed by atoms with Gasteiger partial charge in [-0.05, 0) is 46.2 Å². The van der Waals surface area contributed by atoms with Gasteiger partial charge in [0.05, 0.1) is 12.6 Å². The van der Waals surface area contributed by atoms with Gasteiger partial charge in [-0.1, -0.05) is 42.5 Å². The summed E-state index contributed by atoms with van der Waals surface area (Å²) >= 11 is 0. The molecule has 0 aliphatic heterocycles. The zero-order valence-corrected chi connectivity index (χ0v) is 14.8. The van der Waals surface area contributed by atoms with E-state index in [4.69, 9.17) is 0 Å². The van der Waals surface area contributed by atoms with Crippen LogP contribution < -0.4 is 5.32 Å². The molecule has 6 heteroatoms. The van der Waals surface area contributed by atoms with Crippen LogP contribution in [0.5, 0.6) is 0 Å². The Morgan fingerprint density at radius 1 is 1.00 bits per heavy atom. The summed E-state index contributed by atoms with van der Waals surface area (Å²) in [4.78, 5) is 12.3. The molecule has 0 aliphatic carbocycles. The highest BCUT2D eigenvalue weighted by molar-refractivity contribution is 5.92. The van der Waals surface area contributed by atoms with Crippen LogP contribution in [0.2, 0.25) is 0 Å². The highest BCUT2D eigenvalue weighted by Gasteiger charge is 2.22. The Hall–Kier alpha value is -3.09. The lowest BCUT2D eigenvalue weighted by molar-refractivity contribution is -0.118. The number of aliphatic hydroxyl groups excluding tert-OH is 2. The number of carbonyl (C=O) groups excluding carboxylic acids is 1. The molecule has 0 aromatic heterocycles. The number of carbonyl (C=O) groups is 1. The third-order valence-corrected chi connectivity index (χ3v) is 4.37. The van der Waals surface area contributed by atoms with Gasteiger partial charge in [-0.2, -0.15) is 0 Å². The average molecular weight is 383 g/mol. The van der Waals surface area contributed by atoms with Gasteiger partial charge in [-0.15, -0.1) is 0 Å². The first-order valence-corrected chi connectivity index (χ1v) is 8.69. The number of hydrogen-bond donors (Lipinski definition) is 3. The fraction of sp³-hybridized carbons (Fsp3) is 0.136. The van der Waals surface area contributed by atoms with Crippen LogP contribution in [-0.4, -0.2) is 28.8 Å². The number of halogens is 2. The van der Waals surface area contributed by atoms with Crippen LogP contribution in [0, 0.1) is 11.6 Å². The van der Waals surface area contributed by atoms with Gasteiger partial charge in [0, 0.05) is 6.08 Å². The molecule has 3 N–H and O–H groups in total. The van der Waals surface area contributed by atoms with E-state index in [0.717, 1.165) is 29.0 Å². The van der Waals surface area contributed by atoms with Crippen molar-refractivity contribution < 1.29 is 23.8 Å². The first kappa shape index (κ1) is 19.7. The van der Waals surface area contributed by atoms with E-state index in [1.54, 1.807) is 6.07 Å². The molecule has 0 saturated heterocycles. The van der Waals surface area contributed by atoms with Crippen molar-refractivity contribution in [3.8, 4) is 0 Å². The Labute approximate surface area is 160 Å². The smallest absolute Gasteiger partial charge is 0.244 e. The van der Waals surface area contributed by atoms with Crippen molar-refractivity contribution in [2.24, 2.45) is 0 Å². The molecule has 0 aliphatic rings.